The fourth-order valence-corrected chi connectivity index (χ4v) is 7.41. The SMILES string of the molecule is CC(C)S(=O)(=O)c1cnc(-c2cc3cnc(Nc4ccc(N5CCN6CCCC6C5)cc4)nc3n(CCN(C)C)c2=O)c(Cl)c1. The van der Waals surface area contributed by atoms with Gasteiger partial charge in [-0.15, -0.1) is 0 Å². The van der Waals surface area contributed by atoms with Crippen LogP contribution in [0.15, 0.2) is 58.5 Å². The van der Waals surface area contributed by atoms with Gasteiger partial charge < -0.3 is 15.1 Å². The molecule has 0 bridgehead atoms. The van der Waals surface area contributed by atoms with Crippen LogP contribution in [-0.2, 0) is 16.4 Å². The predicted octanol–water partition coefficient (Wildman–Crippen LogP) is 4.28. The van der Waals surface area contributed by atoms with Crippen LogP contribution in [0.5, 0.6) is 0 Å². The van der Waals surface area contributed by atoms with E-state index in [1.165, 1.54) is 37.3 Å². The van der Waals surface area contributed by atoms with Gasteiger partial charge in [0.2, 0.25) is 5.95 Å². The highest BCUT2D eigenvalue weighted by Crippen LogP contribution is 2.30. The monoisotopic (exact) mass is 650 g/mol. The molecule has 1 unspecified atom stereocenters. The van der Waals surface area contributed by atoms with Crippen LogP contribution in [0.1, 0.15) is 26.7 Å². The summed E-state index contributed by atoms with van der Waals surface area (Å²) in [7, 11) is 0.288. The zero-order valence-corrected chi connectivity index (χ0v) is 27.6. The Morgan fingerprint density at radius 3 is 2.56 bits per heavy atom. The topological polar surface area (TPSA) is 117 Å². The smallest absolute Gasteiger partial charge is 0.261 e. The molecule has 13 heteroatoms. The molecule has 1 aromatic carbocycles. The van der Waals surface area contributed by atoms with E-state index in [-0.39, 0.29) is 26.7 Å². The molecular formula is C32H39ClN8O3S. The summed E-state index contributed by atoms with van der Waals surface area (Å²) in [6.45, 7) is 8.59. The summed E-state index contributed by atoms with van der Waals surface area (Å²) in [4.78, 5) is 34.6. The first kappa shape index (κ1) is 31.4. The van der Waals surface area contributed by atoms with Crippen LogP contribution < -0.4 is 15.8 Å². The molecule has 5 heterocycles. The highest BCUT2D eigenvalue weighted by molar-refractivity contribution is 7.92. The van der Waals surface area contributed by atoms with Gasteiger partial charge in [0.1, 0.15) is 5.65 Å². The number of hydrogen-bond acceptors (Lipinski definition) is 10. The third-order valence-corrected chi connectivity index (χ3v) is 11.1. The van der Waals surface area contributed by atoms with Crippen molar-refractivity contribution in [1.29, 1.82) is 0 Å². The van der Waals surface area contributed by atoms with Crippen molar-refractivity contribution in [2.45, 2.75) is 49.4 Å². The molecule has 238 valence electrons. The third kappa shape index (κ3) is 6.42. The van der Waals surface area contributed by atoms with Gasteiger partial charge in [0.25, 0.3) is 5.56 Å². The Morgan fingerprint density at radius 1 is 1.07 bits per heavy atom. The normalized spacial score (nSPS) is 17.4. The molecule has 4 aromatic rings. The Morgan fingerprint density at radius 2 is 1.84 bits per heavy atom. The Hall–Kier alpha value is -3.58. The molecule has 3 aromatic heterocycles. The summed E-state index contributed by atoms with van der Waals surface area (Å²) in [5.41, 5.74) is 2.67. The molecule has 1 atom stereocenters. The summed E-state index contributed by atoms with van der Waals surface area (Å²) in [5, 5.41) is 3.38. The van der Waals surface area contributed by atoms with E-state index in [2.05, 4.69) is 37.2 Å². The van der Waals surface area contributed by atoms with Gasteiger partial charge in [0.05, 0.1) is 26.4 Å². The molecule has 2 aliphatic heterocycles. The maximum Gasteiger partial charge on any atom is 0.261 e. The molecule has 11 nitrogen and oxygen atoms in total. The molecule has 2 aliphatic rings. The minimum Gasteiger partial charge on any atom is -0.369 e. The van der Waals surface area contributed by atoms with Crippen LogP contribution in [0.2, 0.25) is 5.02 Å². The van der Waals surface area contributed by atoms with E-state index >= 15 is 0 Å². The van der Waals surface area contributed by atoms with Gasteiger partial charge in [0, 0.05) is 67.9 Å². The molecule has 0 saturated carbocycles. The van der Waals surface area contributed by atoms with Crippen molar-refractivity contribution < 1.29 is 8.42 Å². The Labute approximate surface area is 268 Å². The highest BCUT2D eigenvalue weighted by atomic mass is 35.5. The minimum absolute atomic E-state index is 0.0171. The van der Waals surface area contributed by atoms with Gasteiger partial charge in [-0.3, -0.25) is 19.2 Å². The fraction of sp³-hybridized carbons (Fsp3) is 0.438. The van der Waals surface area contributed by atoms with E-state index in [0.29, 0.717) is 36.1 Å². The first-order valence-electron chi connectivity index (χ1n) is 15.3. The number of hydrogen-bond donors (Lipinski definition) is 1. The second kappa shape index (κ2) is 12.7. The average Bonchev–Trinajstić information content (AvgIpc) is 3.49. The average molecular weight is 651 g/mol. The predicted molar refractivity (Wildman–Crippen MR) is 179 cm³/mol. The van der Waals surface area contributed by atoms with Gasteiger partial charge in [-0.05, 0) is 83.7 Å². The third-order valence-electron chi connectivity index (χ3n) is 8.69. The lowest BCUT2D eigenvalue weighted by Crippen LogP contribution is -2.50. The standard InChI is InChI=1S/C32H39ClN8O3S/c1-21(2)45(43,44)26-17-28(33)29(34-19-26)27-16-22-18-35-32(37-30(22)41(31(27)42)15-12-38(3)4)36-23-7-9-24(10-8-23)40-14-13-39-11-5-6-25(39)20-40/h7-10,16-19,21,25H,5-6,11-15,20H2,1-4H3,(H,35,36,37). The van der Waals surface area contributed by atoms with E-state index in [0.717, 1.165) is 25.3 Å². The molecule has 0 spiro atoms. The van der Waals surface area contributed by atoms with Crippen molar-refractivity contribution in [1.82, 2.24) is 29.3 Å². The van der Waals surface area contributed by atoms with Gasteiger partial charge >= 0.3 is 0 Å². The number of halogens is 1. The summed E-state index contributed by atoms with van der Waals surface area (Å²) >= 11 is 6.55. The number of likely N-dealkylation sites (N-methyl/N-ethyl adjacent to an activating group) is 1. The number of nitrogens with zero attached hydrogens (tertiary/aromatic N) is 7. The van der Waals surface area contributed by atoms with Crippen LogP contribution in [0.25, 0.3) is 22.3 Å². The largest absolute Gasteiger partial charge is 0.369 e. The van der Waals surface area contributed by atoms with Crippen molar-refractivity contribution >= 4 is 49.8 Å². The Balaban J connectivity index is 1.30. The lowest BCUT2D eigenvalue weighted by Gasteiger charge is -2.38. The van der Waals surface area contributed by atoms with Crippen molar-refractivity contribution in [2.24, 2.45) is 0 Å². The molecule has 1 N–H and O–H groups in total. The molecule has 6 rings (SSSR count). The lowest BCUT2D eigenvalue weighted by molar-refractivity contribution is 0.231. The zero-order valence-electron chi connectivity index (χ0n) is 26.1. The van der Waals surface area contributed by atoms with Crippen LogP contribution in [0.4, 0.5) is 17.3 Å². The summed E-state index contributed by atoms with van der Waals surface area (Å²) in [6, 6.07) is 12.0. The first-order valence-corrected chi connectivity index (χ1v) is 17.2. The minimum atomic E-state index is -3.58. The number of sulfone groups is 1. The van der Waals surface area contributed by atoms with E-state index in [1.807, 2.05) is 31.1 Å². The number of aromatic nitrogens is 4. The number of piperazine rings is 1. The van der Waals surface area contributed by atoms with E-state index in [4.69, 9.17) is 16.6 Å². The van der Waals surface area contributed by atoms with Crippen molar-refractivity contribution in [3.63, 3.8) is 0 Å². The van der Waals surface area contributed by atoms with Gasteiger partial charge in [0.15, 0.2) is 9.84 Å². The summed E-state index contributed by atoms with van der Waals surface area (Å²) < 4.78 is 26.9. The second-order valence-corrected chi connectivity index (χ2v) is 15.2. The number of nitrogens with one attached hydrogen (secondary N) is 1. The number of pyridine rings is 2. The van der Waals surface area contributed by atoms with E-state index < -0.39 is 15.1 Å². The Kier molecular flexibility index (Phi) is 8.84. The zero-order chi connectivity index (χ0) is 31.9. The highest BCUT2D eigenvalue weighted by Gasteiger charge is 2.30. The van der Waals surface area contributed by atoms with Crippen LogP contribution in [0.3, 0.4) is 0 Å². The van der Waals surface area contributed by atoms with E-state index in [1.54, 1.807) is 30.7 Å². The molecular weight excluding hydrogens is 612 g/mol. The number of rotatable bonds is 9. The Bertz CT molecular complexity index is 1880. The number of benzene rings is 1. The van der Waals surface area contributed by atoms with Crippen molar-refractivity contribution in [3.05, 3.63) is 64.2 Å². The molecule has 0 amide bonds. The molecule has 45 heavy (non-hydrogen) atoms. The summed E-state index contributed by atoms with van der Waals surface area (Å²) in [6.07, 6.45) is 5.49. The number of anilines is 3. The quantitative estimate of drug-likeness (QED) is 0.281. The molecule has 0 aliphatic carbocycles. The second-order valence-electron chi connectivity index (χ2n) is 12.3. The molecule has 2 saturated heterocycles. The number of fused-ring (bicyclic) bond motifs is 2. The molecule has 2 fully saturated rings. The van der Waals surface area contributed by atoms with Crippen LogP contribution in [-0.4, -0.2) is 95.8 Å². The summed E-state index contributed by atoms with van der Waals surface area (Å²) in [5.74, 6) is 0.375. The van der Waals surface area contributed by atoms with Crippen LogP contribution >= 0.6 is 11.6 Å². The van der Waals surface area contributed by atoms with Gasteiger partial charge in [-0.25, -0.2) is 13.4 Å². The van der Waals surface area contributed by atoms with Gasteiger partial charge in [-0.1, -0.05) is 11.6 Å². The van der Waals surface area contributed by atoms with Gasteiger partial charge in [-0.2, -0.15) is 4.98 Å². The van der Waals surface area contributed by atoms with Crippen molar-refractivity contribution in [3.8, 4) is 11.3 Å². The maximum atomic E-state index is 13.9. The fourth-order valence-electron chi connectivity index (χ4n) is 6.05. The van der Waals surface area contributed by atoms with E-state index in [9.17, 15) is 13.2 Å². The lowest BCUT2D eigenvalue weighted by atomic mass is 10.1. The van der Waals surface area contributed by atoms with Crippen LogP contribution in [0, 0.1) is 0 Å². The maximum absolute atomic E-state index is 13.9. The van der Waals surface area contributed by atoms with Crippen molar-refractivity contribution in [2.75, 3.05) is 57.0 Å². The first-order chi connectivity index (χ1) is 21.5. The molecule has 0 radical (unpaired) electrons.